The fourth-order valence-electron chi connectivity index (χ4n) is 1.65. The Bertz CT molecular complexity index is 589. The van der Waals surface area contributed by atoms with Crippen LogP contribution >= 0.6 is 0 Å². The highest BCUT2D eigenvalue weighted by Crippen LogP contribution is 2.21. The summed E-state index contributed by atoms with van der Waals surface area (Å²) in [5, 5.41) is 0. The van der Waals surface area contributed by atoms with Gasteiger partial charge in [-0.2, -0.15) is 0 Å². The van der Waals surface area contributed by atoms with Gasteiger partial charge in [0.2, 0.25) is 5.91 Å². The van der Waals surface area contributed by atoms with Crippen LogP contribution in [0.4, 0.5) is 5.69 Å². The van der Waals surface area contributed by atoms with Crippen molar-refractivity contribution < 1.29 is 14.0 Å². The highest BCUT2D eigenvalue weighted by atomic mass is 16.3. The summed E-state index contributed by atoms with van der Waals surface area (Å²) in [6.45, 7) is 1.48. The van der Waals surface area contributed by atoms with Gasteiger partial charge in [0.05, 0.1) is 0 Å². The van der Waals surface area contributed by atoms with Gasteiger partial charge in [-0.25, -0.2) is 4.98 Å². The number of aromatic nitrogens is 1. The Kier molecular flexibility index (Phi) is 3.41. The van der Waals surface area contributed by atoms with E-state index < -0.39 is 0 Å². The van der Waals surface area contributed by atoms with Gasteiger partial charge < -0.3 is 14.1 Å². The molecule has 0 saturated heterocycles. The number of oxazole rings is 1. The van der Waals surface area contributed by atoms with E-state index in [1.165, 1.54) is 18.2 Å². The van der Waals surface area contributed by atoms with Gasteiger partial charge in [-0.05, 0) is 19.1 Å². The molecule has 0 fully saturated rings. The quantitative estimate of drug-likeness (QED) is 0.829. The zero-order valence-corrected chi connectivity index (χ0v) is 10.3. The van der Waals surface area contributed by atoms with Crippen molar-refractivity contribution in [3.63, 3.8) is 0 Å². The molecule has 0 N–H and O–H groups in total. The first-order chi connectivity index (χ1) is 8.58. The van der Waals surface area contributed by atoms with E-state index in [1.54, 1.807) is 25.2 Å². The van der Waals surface area contributed by atoms with E-state index in [1.807, 2.05) is 0 Å². The van der Waals surface area contributed by atoms with E-state index in [0.717, 1.165) is 11.2 Å². The van der Waals surface area contributed by atoms with E-state index in [9.17, 15) is 9.59 Å². The van der Waals surface area contributed by atoms with Crippen molar-refractivity contribution in [3.05, 3.63) is 24.6 Å². The average molecular weight is 246 g/mol. The van der Waals surface area contributed by atoms with Gasteiger partial charge in [-0.3, -0.25) is 4.79 Å². The molecule has 0 bridgehead atoms. The number of anilines is 1. The third kappa shape index (κ3) is 2.56. The number of hydrogen-bond acceptors (Lipinski definition) is 4. The molecule has 1 aromatic heterocycles. The minimum Gasteiger partial charge on any atom is -0.443 e. The summed E-state index contributed by atoms with van der Waals surface area (Å²) in [5.74, 6) is -0.0773. The first-order valence-electron chi connectivity index (χ1n) is 5.67. The maximum absolute atomic E-state index is 11.8. The fraction of sp³-hybridized carbons (Fsp3) is 0.308. The minimum absolute atomic E-state index is 0.0161. The Morgan fingerprint density at radius 2 is 2.11 bits per heavy atom. The maximum atomic E-state index is 11.8. The van der Waals surface area contributed by atoms with Crippen molar-refractivity contribution in [1.82, 2.24) is 4.98 Å². The Labute approximate surface area is 104 Å². The van der Waals surface area contributed by atoms with Gasteiger partial charge in [0.25, 0.3) is 0 Å². The molecule has 1 aromatic carbocycles. The van der Waals surface area contributed by atoms with Crippen molar-refractivity contribution >= 4 is 28.5 Å². The van der Waals surface area contributed by atoms with Gasteiger partial charge in [0.1, 0.15) is 11.3 Å². The van der Waals surface area contributed by atoms with Crippen LogP contribution in [0.1, 0.15) is 19.8 Å². The van der Waals surface area contributed by atoms with Crippen molar-refractivity contribution in [2.75, 3.05) is 11.9 Å². The molecule has 94 valence electrons. The second-order valence-corrected chi connectivity index (χ2v) is 4.16. The standard InChI is InChI=1S/C13H14N2O3/c1-9(16)3-6-13(17)15(2)10-4-5-11-12(7-10)18-8-14-11/h4-5,7-8H,3,6H2,1-2H3. The van der Waals surface area contributed by atoms with Crippen molar-refractivity contribution in [1.29, 1.82) is 0 Å². The molecule has 0 spiro atoms. The lowest BCUT2D eigenvalue weighted by molar-refractivity contribution is -0.122. The number of amides is 1. The van der Waals surface area contributed by atoms with Gasteiger partial charge in [-0.1, -0.05) is 0 Å². The second kappa shape index (κ2) is 5.00. The topological polar surface area (TPSA) is 63.4 Å². The second-order valence-electron chi connectivity index (χ2n) is 4.16. The monoisotopic (exact) mass is 246 g/mol. The molecule has 0 aliphatic heterocycles. The first-order valence-corrected chi connectivity index (χ1v) is 5.67. The zero-order valence-electron chi connectivity index (χ0n) is 10.3. The number of fused-ring (bicyclic) bond motifs is 1. The van der Waals surface area contributed by atoms with Crippen molar-refractivity contribution in [2.45, 2.75) is 19.8 Å². The molecule has 0 aliphatic carbocycles. The summed E-state index contributed by atoms with van der Waals surface area (Å²) < 4.78 is 5.18. The third-order valence-corrected chi connectivity index (χ3v) is 2.77. The molecule has 0 unspecified atom stereocenters. The molecular weight excluding hydrogens is 232 g/mol. The Hall–Kier alpha value is -2.17. The average Bonchev–Trinajstić information content (AvgIpc) is 2.81. The summed E-state index contributed by atoms with van der Waals surface area (Å²) >= 11 is 0. The lowest BCUT2D eigenvalue weighted by Gasteiger charge is -2.16. The smallest absolute Gasteiger partial charge is 0.227 e. The molecule has 0 aliphatic rings. The largest absolute Gasteiger partial charge is 0.443 e. The van der Waals surface area contributed by atoms with E-state index in [2.05, 4.69) is 4.98 Å². The van der Waals surface area contributed by atoms with Crippen LogP contribution in [0.5, 0.6) is 0 Å². The number of ketones is 1. The molecule has 18 heavy (non-hydrogen) atoms. The first kappa shape index (κ1) is 12.3. The highest BCUT2D eigenvalue weighted by molar-refractivity contribution is 5.96. The summed E-state index contributed by atoms with van der Waals surface area (Å²) in [6, 6.07) is 5.35. The molecule has 1 heterocycles. The number of rotatable bonds is 4. The Morgan fingerprint density at radius 1 is 1.33 bits per heavy atom. The number of hydrogen-bond donors (Lipinski definition) is 0. The minimum atomic E-state index is -0.0935. The van der Waals surface area contributed by atoms with E-state index >= 15 is 0 Å². The molecule has 2 rings (SSSR count). The molecule has 0 radical (unpaired) electrons. The summed E-state index contributed by atoms with van der Waals surface area (Å²) in [7, 11) is 1.68. The van der Waals surface area contributed by atoms with Gasteiger partial charge in [0.15, 0.2) is 12.0 Å². The fourth-order valence-corrected chi connectivity index (χ4v) is 1.65. The van der Waals surface area contributed by atoms with Crippen molar-refractivity contribution in [3.8, 4) is 0 Å². The molecule has 2 aromatic rings. The normalized spacial score (nSPS) is 10.6. The van der Waals surface area contributed by atoms with Crippen LogP contribution in [-0.2, 0) is 9.59 Å². The van der Waals surface area contributed by atoms with Crippen LogP contribution in [-0.4, -0.2) is 23.7 Å². The lowest BCUT2D eigenvalue weighted by Crippen LogP contribution is -2.26. The molecule has 5 heteroatoms. The van der Waals surface area contributed by atoms with Crippen LogP contribution in [0.15, 0.2) is 29.0 Å². The van der Waals surface area contributed by atoms with Crippen LogP contribution in [0, 0.1) is 0 Å². The number of carbonyl (C=O) groups is 2. The Balaban J connectivity index is 2.14. The number of benzene rings is 1. The van der Waals surface area contributed by atoms with Crippen LogP contribution in [0.25, 0.3) is 11.1 Å². The molecule has 5 nitrogen and oxygen atoms in total. The van der Waals surface area contributed by atoms with Gasteiger partial charge in [-0.15, -0.1) is 0 Å². The van der Waals surface area contributed by atoms with E-state index in [-0.39, 0.29) is 24.5 Å². The van der Waals surface area contributed by atoms with Crippen molar-refractivity contribution in [2.24, 2.45) is 0 Å². The van der Waals surface area contributed by atoms with Gasteiger partial charge in [0, 0.05) is 31.6 Å². The van der Waals surface area contributed by atoms with Crippen LogP contribution in [0.3, 0.4) is 0 Å². The van der Waals surface area contributed by atoms with E-state index in [4.69, 9.17) is 4.42 Å². The number of carbonyl (C=O) groups excluding carboxylic acids is 2. The third-order valence-electron chi connectivity index (χ3n) is 2.77. The molecule has 1 amide bonds. The zero-order chi connectivity index (χ0) is 13.1. The van der Waals surface area contributed by atoms with Crippen LogP contribution < -0.4 is 4.90 Å². The predicted octanol–water partition coefficient (Wildman–Crippen LogP) is 2.16. The molecule has 0 saturated carbocycles. The molecule has 0 atom stereocenters. The van der Waals surface area contributed by atoms with E-state index in [0.29, 0.717) is 5.58 Å². The summed E-state index contributed by atoms with van der Waals surface area (Å²) in [5.41, 5.74) is 2.12. The molecular formula is C13H14N2O3. The van der Waals surface area contributed by atoms with Crippen LogP contribution in [0.2, 0.25) is 0 Å². The lowest BCUT2D eigenvalue weighted by atomic mass is 10.2. The Morgan fingerprint density at radius 3 is 2.83 bits per heavy atom. The van der Waals surface area contributed by atoms with Gasteiger partial charge >= 0.3 is 0 Å². The highest BCUT2D eigenvalue weighted by Gasteiger charge is 2.12. The SMILES string of the molecule is CC(=O)CCC(=O)N(C)c1ccc2ncoc2c1. The number of nitrogens with zero attached hydrogens (tertiary/aromatic N) is 2. The maximum Gasteiger partial charge on any atom is 0.227 e. The number of Topliss-reactive ketones (excluding diaryl/α,β-unsaturated/α-hetero) is 1. The summed E-state index contributed by atoms with van der Waals surface area (Å²) in [6.07, 6.45) is 1.86. The predicted molar refractivity (Wildman–Crippen MR) is 67.3 cm³/mol. The summed E-state index contributed by atoms with van der Waals surface area (Å²) in [4.78, 5) is 28.2.